The van der Waals surface area contributed by atoms with Crippen LogP contribution >= 0.6 is 0 Å². The Morgan fingerprint density at radius 1 is 0.920 bits per heavy atom. The van der Waals surface area contributed by atoms with E-state index in [-0.39, 0.29) is 12.8 Å². The van der Waals surface area contributed by atoms with Crippen LogP contribution in [0, 0.1) is 0 Å². The second-order valence-corrected chi connectivity index (χ2v) is 7.61. The van der Waals surface area contributed by atoms with Crippen molar-refractivity contribution in [2.24, 2.45) is 0 Å². The van der Waals surface area contributed by atoms with Gasteiger partial charge in [0.2, 0.25) is 5.92 Å². The van der Waals surface area contributed by atoms with E-state index in [1.165, 1.54) is 56.1 Å². The molecule has 0 aliphatic heterocycles. The number of hydrogen-bond acceptors (Lipinski definition) is 0. The summed E-state index contributed by atoms with van der Waals surface area (Å²) in [5, 5.41) is 0. The van der Waals surface area contributed by atoms with Crippen molar-refractivity contribution < 1.29 is 8.78 Å². The highest BCUT2D eigenvalue weighted by atomic mass is 19.3. The SMILES string of the molecule is CCCCCCCCC/C=C/c1ccc(C2CCC(F)(F)CC2)cc1. The molecule has 0 aromatic heterocycles. The van der Waals surface area contributed by atoms with Crippen LogP contribution in [-0.4, -0.2) is 5.92 Å². The molecule has 0 unspecified atom stereocenters. The fraction of sp³-hybridized carbons (Fsp3) is 0.652. The molecule has 25 heavy (non-hydrogen) atoms. The molecule has 2 rings (SSSR count). The molecule has 140 valence electrons. The van der Waals surface area contributed by atoms with E-state index in [1.807, 2.05) is 0 Å². The van der Waals surface area contributed by atoms with Crippen LogP contribution in [0.4, 0.5) is 8.78 Å². The lowest BCUT2D eigenvalue weighted by Gasteiger charge is -2.28. The van der Waals surface area contributed by atoms with Crippen LogP contribution in [0.25, 0.3) is 6.08 Å². The van der Waals surface area contributed by atoms with Gasteiger partial charge in [0.25, 0.3) is 0 Å². The number of alkyl halides is 2. The minimum absolute atomic E-state index is 0.0394. The summed E-state index contributed by atoms with van der Waals surface area (Å²) in [6, 6.07) is 8.51. The highest BCUT2D eigenvalue weighted by Gasteiger charge is 2.35. The van der Waals surface area contributed by atoms with Gasteiger partial charge < -0.3 is 0 Å². The summed E-state index contributed by atoms with van der Waals surface area (Å²) in [5.41, 5.74) is 2.44. The molecule has 1 fully saturated rings. The minimum Gasteiger partial charge on any atom is -0.207 e. The van der Waals surface area contributed by atoms with E-state index in [4.69, 9.17) is 0 Å². The Morgan fingerprint density at radius 3 is 2.16 bits per heavy atom. The molecule has 1 aromatic carbocycles. The summed E-state index contributed by atoms with van der Waals surface area (Å²) in [6.45, 7) is 2.25. The Labute approximate surface area is 152 Å². The van der Waals surface area contributed by atoms with E-state index in [9.17, 15) is 8.78 Å². The van der Waals surface area contributed by atoms with Crippen molar-refractivity contribution in [1.82, 2.24) is 0 Å². The van der Waals surface area contributed by atoms with Crippen molar-refractivity contribution in [3.05, 3.63) is 41.5 Å². The Hall–Kier alpha value is -1.18. The van der Waals surface area contributed by atoms with Crippen molar-refractivity contribution in [3.63, 3.8) is 0 Å². The third-order valence-electron chi connectivity index (χ3n) is 5.41. The van der Waals surface area contributed by atoms with Crippen LogP contribution < -0.4 is 0 Å². The molecule has 1 aliphatic carbocycles. The van der Waals surface area contributed by atoms with Crippen molar-refractivity contribution in [2.45, 2.75) is 95.8 Å². The standard InChI is InChI=1S/C23H34F2/c1-2-3-4-5-6-7-8-9-10-11-20-12-14-21(15-13-20)22-16-18-23(24,25)19-17-22/h10-15,22H,2-9,16-19H2,1H3/b11-10+. The van der Waals surface area contributed by atoms with Gasteiger partial charge in [-0.05, 0) is 42.7 Å². The first-order valence-corrected chi connectivity index (χ1v) is 10.2. The molecular weight excluding hydrogens is 314 g/mol. The second-order valence-electron chi connectivity index (χ2n) is 7.61. The van der Waals surface area contributed by atoms with Gasteiger partial charge in [-0.1, -0.05) is 81.9 Å². The summed E-state index contributed by atoms with van der Waals surface area (Å²) in [7, 11) is 0. The van der Waals surface area contributed by atoms with Gasteiger partial charge in [-0.15, -0.1) is 0 Å². The number of rotatable bonds is 10. The highest BCUT2D eigenvalue weighted by molar-refractivity contribution is 5.49. The second kappa shape index (κ2) is 10.7. The van der Waals surface area contributed by atoms with E-state index in [1.54, 1.807) is 0 Å². The summed E-state index contributed by atoms with van der Waals surface area (Å²) in [6.07, 6.45) is 16.3. The molecule has 1 saturated carbocycles. The zero-order valence-corrected chi connectivity index (χ0v) is 15.8. The van der Waals surface area contributed by atoms with E-state index >= 15 is 0 Å². The Morgan fingerprint density at radius 2 is 1.52 bits per heavy atom. The highest BCUT2D eigenvalue weighted by Crippen LogP contribution is 2.40. The molecular formula is C23H34F2. The van der Waals surface area contributed by atoms with Gasteiger partial charge >= 0.3 is 0 Å². The summed E-state index contributed by atoms with van der Waals surface area (Å²) >= 11 is 0. The third kappa shape index (κ3) is 7.71. The van der Waals surface area contributed by atoms with Crippen LogP contribution in [-0.2, 0) is 0 Å². The van der Waals surface area contributed by atoms with Gasteiger partial charge in [0, 0.05) is 12.8 Å². The molecule has 0 bridgehead atoms. The first-order valence-electron chi connectivity index (χ1n) is 10.2. The molecule has 1 aliphatic rings. The van der Waals surface area contributed by atoms with Gasteiger partial charge in [0.05, 0.1) is 0 Å². The number of halogens is 2. The minimum atomic E-state index is -2.44. The normalized spacial score (nSPS) is 18.0. The van der Waals surface area contributed by atoms with Crippen LogP contribution in [0.3, 0.4) is 0 Å². The van der Waals surface area contributed by atoms with E-state index in [2.05, 4.69) is 43.3 Å². The van der Waals surface area contributed by atoms with Gasteiger partial charge in [0.15, 0.2) is 0 Å². The average molecular weight is 349 g/mol. The number of unbranched alkanes of at least 4 members (excludes halogenated alkanes) is 7. The maximum atomic E-state index is 13.3. The molecule has 1 aromatic rings. The smallest absolute Gasteiger partial charge is 0.207 e. The molecule has 0 N–H and O–H groups in total. The molecule has 0 nitrogen and oxygen atoms in total. The molecule has 0 atom stereocenters. The molecule has 0 radical (unpaired) electrons. The summed E-state index contributed by atoms with van der Waals surface area (Å²) in [5.74, 6) is -2.12. The molecule has 0 spiro atoms. The molecule has 0 saturated heterocycles. The maximum Gasteiger partial charge on any atom is 0.248 e. The zero-order valence-electron chi connectivity index (χ0n) is 15.8. The molecule has 0 heterocycles. The topological polar surface area (TPSA) is 0 Å². The Kier molecular flexibility index (Phi) is 8.64. The predicted octanol–water partition coefficient (Wildman–Crippen LogP) is 8.13. The monoisotopic (exact) mass is 348 g/mol. The van der Waals surface area contributed by atoms with Gasteiger partial charge in [-0.25, -0.2) is 8.78 Å². The average Bonchev–Trinajstić information content (AvgIpc) is 2.61. The van der Waals surface area contributed by atoms with E-state index in [0.717, 1.165) is 6.42 Å². The lowest BCUT2D eigenvalue weighted by Crippen LogP contribution is -2.23. The van der Waals surface area contributed by atoms with Crippen LogP contribution in [0.1, 0.15) is 101 Å². The van der Waals surface area contributed by atoms with Crippen LogP contribution in [0.2, 0.25) is 0 Å². The van der Waals surface area contributed by atoms with Crippen LogP contribution in [0.15, 0.2) is 30.3 Å². The Balaban J connectivity index is 1.65. The fourth-order valence-electron chi connectivity index (χ4n) is 3.69. The number of benzene rings is 1. The maximum absolute atomic E-state index is 13.3. The van der Waals surface area contributed by atoms with Crippen molar-refractivity contribution in [3.8, 4) is 0 Å². The quantitative estimate of drug-likeness (QED) is 0.374. The summed E-state index contributed by atoms with van der Waals surface area (Å²) < 4.78 is 26.5. The fourth-order valence-corrected chi connectivity index (χ4v) is 3.69. The van der Waals surface area contributed by atoms with Crippen molar-refractivity contribution >= 4 is 6.08 Å². The Bertz CT molecular complexity index is 491. The molecule has 0 amide bonds. The van der Waals surface area contributed by atoms with Gasteiger partial charge in [0.1, 0.15) is 0 Å². The van der Waals surface area contributed by atoms with E-state index < -0.39 is 5.92 Å². The largest absolute Gasteiger partial charge is 0.248 e. The van der Waals surface area contributed by atoms with Gasteiger partial charge in [-0.3, -0.25) is 0 Å². The summed E-state index contributed by atoms with van der Waals surface area (Å²) in [4.78, 5) is 0. The molecule has 2 heteroatoms. The van der Waals surface area contributed by atoms with Crippen molar-refractivity contribution in [2.75, 3.05) is 0 Å². The number of hydrogen-bond donors (Lipinski definition) is 0. The lowest BCUT2D eigenvalue weighted by atomic mass is 9.82. The van der Waals surface area contributed by atoms with Crippen LogP contribution in [0.5, 0.6) is 0 Å². The third-order valence-corrected chi connectivity index (χ3v) is 5.41. The number of allylic oxidation sites excluding steroid dienone is 1. The zero-order chi connectivity index (χ0) is 18.0. The van der Waals surface area contributed by atoms with Crippen molar-refractivity contribution in [1.29, 1.82) is 0 Å². The first-order chi connectivity index (χ1) is 12.1. The predicted molar refractivity (Wildman–Crippen MR) is 104 cm³/mol. The first kappa shape index (κ1) is 20.1. The lowest BCUT2D eigenvalue weighted by molar-refractivity contribution is -0.0382. The van der Waals surface area contributed by atoms with Gasteiger partial charge in [-0.2, -0.15) is 0 Å². The van der Waals surface area contributed by atoms with E-state index in [0.29, 0.717) is 18.8 Å².